The van der Waals surface area contributed by atoms with E-state index in [1.54, 1.807) is 13.8 Å². The Bertz CT molecular complexity index is 531. The first-order valence-electron chi connectivity index (χ1n) is 5.88. The van der Waals surface area contributed by atoms with E-state index >= 15 is 0 Å². The molecule has 7 heteroatoms. The lowest BCUT2D eigenvalue weighted by Gasteiger charge is -2.19. The first-order valence-corrected chi connectivity index (χ1v) is 5.88. The van der Waals surface area contributed by atoms with Crippen molar-refractivity contribution in [2.75, 3.05) is 0 Å². The van der Waals surface area contributed by atoms with E-state index in [2.05, 4.69) is 0 Å². The Morgan fingerprint density at radius 1 is 1.30 bits per heavy atom. The second-order valence-electron chi connectivity index (χ2n) is 4.43. The Hall–Kier alpha value is -2.44. The van der Waals surface area contributed by atoms with Crippen LogP contribution in [0.5, 0.6) is 0 Å². The molecule has 1 aromatic rings. The maximum atomic E-state index is 13.0. The number of esters is 1. The number of hydrogen-bond acceptors (Lipinski definition) is 4. The molecule has 0 aliphatic heterocycles. The van der Waals surface area contributed by atoms with Crippen LogP contribution in [-0.2, 0) is 9.53 Å². The molecule has 0 bridgehead atoms. The molecule has 0 unspecified atom stereocenters. The number of nitrogens with one attached hydrogen (secondary N) is 1. The number of ether oxygens (including phenoxy) is 1. The molecule has 1 rings (SSSR count). The highest BCUT2D eigenvalue weighted by Gasteiger charge is 2.27. The minimum absolute atomic E-state index is 0.0254. The van der Waals surface area contributed by atoms with Crippen molar-refractivity contribution in [1.82, 2.24) is 5.32 Å². The Kier molecular flexibility index (Phi) is 5.19. The smallest absolute Gasteiger partial charge is 0.339 e. The zero-order valence-corrected chi connectivity index (χ0v) is 11.1. The summed E-state index contributed by atoms with van der Waals surface area (Å²) in [5, 5.41) is 1.84. The summed E-state index contributed by atoms with van der Waals surface area (Å²) in [5.41, 5.74) is 4.81. The van der Waals surface area contributed by atoms with Crippen molar-refractivity contribution < 1.29 is 23.5 Å². The van der Waals surface area contributed by atoms with Crippen molar-refractivity contribution in [3.05, 3.63) is 35.6 Å². The average molecular weight is 282 g/mol. The van der Waals surface area contributed by atoms with E-state index in [0.717, 1.165) is 6.07 Å². The third kappa shape index (κ3) is 4.34. The minimum atomic E-state index is -1.20. The van der Waals surface area contributed by atoms with Crippen molar-refractivity contribution in [3.8, 4) is 0 Å². The van der Waals surface area contributed by atoms with Crippen molar-refractivity contribution in [3.63, 3.8) is 0 Å². The van der Waals surface area contributed by atoms with Gasteiger partial charge in [0.1, 0.15) is 5.82 Å². The van der Waals surface area contributed by atoms with Gasteiger partial charge in [-0.2, -0.15) is 0 Å². The van der Waals surface area contributed by atoms with Crippen LogP contribution in [0.4, 0.5) is 9.18 Å². The minimum Gasteiger partial charge on any atom is -0.448 e. The summed E-state index contributed by atoms with van der Waals surface area (Å²) in [5.74, 6) is -2.66. The van der Waals surface area contributed by atoms with Crippen molar-refractivity contribution in [2.24, 2.45) is 11.7 Å². The molecule has 0 aliphatic carbocycles. The molecule has 1 aromatic carbocycles. The van der Waals surface area contributed by atoms with Gasteiger partial charge in [0.2, 0.25) is 0 Å². The molecule has 0 saturated carbocycles. The maximum absolute atomic E-state index is 13.0. The summed E-state index contributed by atoms with van der Waals surface area (Å²) < 4.78 is 18.0. The molecular weight excluding hydrogens is 267 g/mol. The van der Waals surface area contributed by atoms with Crippen LogP contribution in [0, 0.1) is 11.7 Å². The van der Waals surface area contributed by atoms with Gasteiger partial charge in [-0.05, 0) is 24.1 Å². The number of urea groups is 1. The highest BCUT2D eigenvalue weighted by atomic mass is 19.1. The van der Waals surface area contributed by atoms with E-state index in [1.807, 2.05) is 5.32 Å². The highest BCUT2D eigenvalue weighted by Crippen LogP contribution is 2.12. The van der Waals surface area contributed by atoms with Crippen LogP contribution in [0.1, 0.15) is 24.2 Å². The predicted molar refractivity (Wildman–Crippen MR) is 68.2 cm³/mol. The van der Waals surface area contributed by atoms with Crippen LogP contribution in [0.3, 0.4) is 0 Å². The van der Waals surface area contributed by atoms with Crippen molar-refractivity contribution in [2.45, 2.75) is 20.0 Å². The Morgan fingerprint density at radius 2 is 1.95 bits per heavy atom. The topological polar surface area (TPSA) is 98.5 Å². The van der Waals surface area contributed by atoms with Gasteiger partial charge in [0.25, 0.3) is 5.91 Å². The van der Waals surface area contributed by atoms with Crippen LogP contribution >= 0.6 is 0 Å². The fourth-order valence-corrected chi connectivity index (χ4v) is 1.48. The van der Waals surface area contributed by atoms with Crippen LogP contribution in [0.15, 0.2) is 24.3 Å². The Balaban J connectivity index is 2.83. The predicted octanol–water partition coefficient (Wildman–Crippen LogP) is 1.20. The van der Waals surface area contributed by atoms with E-state index in [1.165, 1.54) is 18.2 Å². The van der Waals surface area contributed by atoms with Gasteiger partial charge in [0, 0.05) is 0 Å². The van der Waals surface area contributed by atoms with Gasteiger partial charge in [-0.1, -0.05) is 19.9 Å². The van der Waals surface area contributed by atoms with Gasteiger partial charge in [-0.25, -0.2) is 14.0 Å². The summed E-state index contributed by atoms with van der Waals surface area (Å²) in [6.45, 7) is 3.26. The first-order chi connectivity index (χ1) is 9.31. The van der Waals surface area contributed by atoms with Crippen LogP contribution in [-0.4, -0.2) is 24.0 Å². The summed E-state index contributed by atoms with van der Waals surface area (Å²) in [6, 6.07) is 3.83. The molecule has 3 N–H and O–H groups in total. The summed E-state index contributed by atoms with van der Waals surface area (Å²) in [6.07, 6.45) is -1.20. The maximum Gasteiger partial charge on any atom is 0.339 e. The first kappa shape index (κ1) is 15.6. The molecule has 0 radical (unpaired) electrons. The SMILES string of the molecule is CC(C)[C@@H](OC(=O)c1cccc(F)c1)C(=O)NC(N)=O. The fourth-order valence-electron chi connectivity index (χ4n) is 1.48. The number of rotatable bonds is 4. The molecule has 0 fully saturated rings. The molecule has 20 heavy (non-hydrogen) atoms. The lowest BCUT2D eigenvalue weighted by atomic mass is 10.1. The summed E-state index contributed by atoms with van der Waals surface area (Å²) in [7, 11) is 0. The molecule has 0 aromatic heterocycles. The van der Waals surface area contributed by atoms with E-state index in [4.69, 9.17) is 10.5 Å². The molecule has 0 heterocycles. The number of primary amides is 1. The van der Waals surface area contributed by atoms with E-state index in [9.17, 15) is 18.8 Å². The van der Waals surface area contributed by atoms with E-state index < -0.39 is 29.8 Å². The standard InChI is InChI=1S/C13H15FN2O4/c1-7(2)10(11(17)16-13(15)19)20-12(18)8-4-3-5-9(14)6-8/h3-7,10H,1-2H3,(H3,15,16,17,19)/t10-/m1/s1. The third-order valence-corrected chi connectivity index (χ3v) is 2.40. The van der Waals surface area contributed by atoms with Gasteiger partial charge in [0.15, 0.2) is 6.10 Å². The quantitative estimate of drug-likeness (QED) is 0.811. The van der Waals surface area contributed by atoms with Gasteiger partial charge < -0.3 is 10.5 Å². The zero-order chi connectivity index (χ0) is 15.3. The van der Waals surface area contributed by atoms with E-state index in [0.29, 0.717) is 0 Å². The van der Waals surface area contributed by atoms with Crippen LogP contribution in [0.25, 0.3) is 0 Å². The Morgan fingerprint density at radius 3 is 2.45 bits per heavy atom. The average Bonchev–Trinajstić information content (AvgIpc) is 2.34. The second kappa shape index (κ2) is 6.65. The van der Waals surface area contributed by atoms with Crippen molar-refractivity contribution >= 4 is 17.9 Å². The monoisotopic (exact) mass is 282 g/mol. The number of carbonyl (C=O) groups excluding carboxylic acids is 3. The molecule has 6 nitrogen and oxygen atoms in total. The zero-order valence-electron chi connectivity index (χ0n) is 11.1. The molecule has 108 valence electrons. The molecule has 0 saturated heterocycles. The normalized spacial score (nSPS) is 11.8. The van der Waals surface area contributed by atoms with E-state index in [-0.39, 0.29) is 11.5 Å². The lowest BCUT2D eigenvalue weighted by molar-refractivity contribution is -0.130. The molecule has 3 amide bonds. The number of amides is 3. The van der Waals surface area contributed by atoms with Crippen molar-refractivity contribution in [1.29, 1.82) is 0 Å². The highest BCUT2D eigenvalue weighted by molar-refractivity contribution is 5.98. The van der Waals surface area contributed by atoms with Gasteiger partial charge >= 0.3 is 12.0 Å². The number of carbonyl (C=O) groups is 3. The van der Waals surface area contributed by atoms with Gasteiger partial charge in [-0.3, -0.25) is 10.1 Å². The number of hydrogen-bond donors (Lipinski definition) is 2. The largest absolute Gasteiger partial charge is 0.448 e. The van der Waals surface area contributed by atoms with Crippen LogP contribution < -0.4 is 11.1 Å². The summed E-state index contributed by atoms with van der Waals surface area (Å²) in [4.78, 5) is 34.1. The van der Waals surface area contributed by atoms with Gasteiger partial charge in [-0.15, -0.1) is 0 Å². The molecule has 0 aliphatic rings. The number of nitrogens with two attached hydrogens (primary N) is 1. The van der Waals surface area contributed by atoms with Gasteiger partial charge in [0.05, 0.1) is 5.56 Å². The second-order valence-corrected chi connectivity index (χ2v) is 4.43. The third-order valence-electron chi connectivity index (χ3n) is 2.40. The number of halogens is 1. The Labute approximate surface area is 115 Å². The summed E-state index contributed by atoms with van der Waals surface area (Å²) >= 11 is 0. The fraction of sp³-hybridized carbons (Fsp3) is 0.308. The molecular formula is C13H15FN2O4. The lowest BCUT2D eigenvalue weighted by Crippen LogP contribution is -2.45. The number of benzene rings is 1. The van der Waals surface area contributed by atoms with Crippen LogP contribution in [0.2, 0.25) is 0 Å². The number of imide groups is 1. The molecule has 1 atom stereocenters. The molecule has 0 spiro atoms.